The summed E-state index contributed by atoms with van der Waals surface area (Å²) in [5.41, 5.74) is 4.77. The number of nitrogens with one attached hydrogen (secondary N) is 1. The molecule has 1 rings (SSSR count). The molecule has 0 spiro atoms. The van der Waals surface area contributed by atoms with Gasteiger partial charge in [0.1, 0.15) is 11.5 Å². The fourth-order valence-electron chi connectivity index (χ4n) is 1.32. The van der Waals surface area contributed by atoms with E-state index >= 15 is 0 Å². The van der Waals surface area contributed by atoms with Gasteiger partial charge in [-0.1, -0.05) is 12.2 Å². The minimum Gasteiger partial charge on any atom is -0.468 e. The van der Waals surface area contributed by atoms with Crippen LogP contribution >= 0.6 is 12.2 Å². The van der Waals surface area contributed by atoms with Crippen LogP contribution in [0.5, 0.6) is 0 Å². The van der Waals surface area contributed by atoms with Crippen molar-refractivity contribution in [2.75, 3.05) is 19.0 Å². The molecule has 0 heterocycles. The first kappa shape index (κ1) is 15.2. The molecule has 0 aliphatic rings. The number of thiocarbonyl (C=S) groups is 1. The second kappa shape index (κ2) is 5.87. The van der Waals surface area contributed by atoms with Crippen molar-refractivity contribution in [3.05, 3.63) is 29.3 Å². The van der Waals surface area contributed by atoms with Gasteiger partial charge in [-0.25, -0.2) is 0 Å². The highest BCUT2D eigenvalue weighted by molar-refractivity contribution is 7.80. The number of esters is 1. The van der Waals surface area contributed by atoms with Gasteiger partial charge in [0, 0.05) is 11.3 Å². The number of alkyl halides is 3. The Morgan fingerprint density at radius 3 is 2.58 bits per heavy atom. The van der Waals surface area contributed by atoms with Crippen LogP contribution in [0.4, 0.5) is 18.9 Å². The van der Waals surface area contributed by atoms with Crippen molar-refractivity contribution in [1.82, 2.24) is 0 Å². The van der Waals surface area contributed by atoms with Crippen molar-refractivity contribution in [1.29, 1.82) is 0 Å². The van der Waals surface area contributed by atoms with Gasteiger partial charge < -0.3 is 15.8 Å². The topological polar surface area (TPSA) is 64.3 Å². The van der Waals surface area contributed by atoms with Crippen molar-refractivity contribution < 1.29 is 22.7 Å². The molecule has 0 saturated carbocycles. The van der Waals surface area contributed by atoms with Crippen molar-refractivity contribution in [2.24, 2.45) is 5.73 Å². The highest BCUT2D eigenvalue weighted by atomic mass is 32.1. The molecule has 0 aromatic heterocycles. The zero-order valence-corrected chi connectivity index (χ0v) is 10.7. The molecular weight excluding hydrogens is 281 g/mol. The van der Waals surface area contributed by atoms with E-state index in [1.807, 2.05) is 0 Å². The summed E-state index contributed by atoms with van der Waals surface area (Å²) in [6.45, 7) is -0.197. The van der Waals surface area contributed by atoms with E-state index in [1.54, 1.807) is 0 Å². The normalized spacial score (nSPS) is 10.9. The van der Waals surface area contributed by atoms with Crippen LogP contribution in [-0.2, 0) is 15.7 Å². The average Bonchev–Trinajstić information content (AvgIpc) is 2.34. The zero-order valence-electron chi connectivity index (χ0n) is 9.88. The number of nitrogens with two attached hydrogens (primary N) is 1. The van der Waals surface area contributed by atoms with E-state index in [0.717, 1.165) is 12.1 Å². The summed E-state index contributed by atoms with van der Waals surface area (Å²) in [6, 6.07) is 2.88. The van der Waals surface area contributed by atoms with Gasteiger partial charge in [0.2, 0.25) is 0 Å². The minimum atomic E-state index is -4.49. The largest absolute Gasteiger partial charge is 0.468 e. The predicted octanol–water partition coefficient (Wildman–Crippen LogP) is 1.92. The Hall–Kier alpha value is -1.83. The molecule has 0 aliphatic heterocycles. The fourth-order valence-corrected chi connectivity index (χ4v) is 1.49. The van der Waals surface area contributed by atoms with E-state index in [2.05, 4.69) is 10.1 Å². The number of rotatable bonds is 4. The number of carbonyl (C=O) groups is 1. The fraction of sp³-hybridized carbons (Fsp3) is 0.273. The highest BCUT2D eigenvalue weighted by Gasteiger charge is 2.31. The molecule has 0 bridgehead atoms. The lowest BCUT2D eigenvalue weighted by molar-refractivity contribution is -0.139. The molecule has 4 nitrogen and oxygen atoms in total. The first-order valence-electron chi connectivity index (χ1n) is 5.07. The first-order valence-corrected chi connectivity index (χ1v) is 5.48. The summed E-state index contributed by atoms with van der Waals surface area (Å²) in [6.07, 6.45) is -4.49. The van der Waals surface area contributed by atoms with Gasteiger partial charge in [-0.3, -0.25) is 4.79 Å². The van der Waals surface area contributed by atoms with Crippen LogP contribution in [0.2, 0.25) is 0 Å². The smallest absolute Gasteiger partial charge is 0.416 e. The van der Waals surface area contributed by atoms with E-state index in [1.165, 1.54) is 13.2 Å². The van der Waals surface area contributed by atoms with Crippen molar-refractivity contribution >= 4 is 28.9 Å². The van der Waals surface area contributed by atoms with Crippen LogP contribution in [0.15, 0.2) is 18.2 Å². The molecule has 0 unspecified atom stereocenters. The summed E-state index contributed by atoms with van der Waals surface area (Å²) in [5.74, 6) is -0.561. The van der Waals surface area contributed by atoms with Gasteiger partial charge in [-0.05, 0) is 18.2 Å². The molecule has 1 aromatic carbocycles. The van der Waals surface area contributed by atoms with E-state index in [9.17, 15) is 18.0 Å². The van der Waals surface area contributed by atoms with Gasteiger partial charge in [0.15, 0.2) is 0 Å². The third-order valence-corrected chi connectivity index (χ3v) is 2.48. The SMILES string of the molecule is COC(=O)CNc1ccc(C(F)(F)F)cc1C(N)=S. The molecule has 19 heavy (non-hydrogen) atoms. The van der Waals surface area contributed by atoms with Crippen molar-refractivity contribution in [3.63, 3.8) is 0 Å². The second-order valence-corrected chi connectivity index (χ2v) is 3.99. The Kier molecular flexibility index (Phi) is 4.71. The van der Waals surface area contributed by atoms with Gasteiger partial charge >= 0.3 is 12.1 Å². The summed E-state index contributed by atoms with van der Waals surface area (Å²) in [5, 5.41) is 2.61. The lowest BCUT2D eigenvalue weighted by Crippen LogP contribution is -2.19. The minimum absolute atomic E-state index is 0.0220. The molecule has 104 valence electrons. The Morgan fingerprint density at radius 2 is 2.11 bits per heavy atom. The van der Waals surface area contributed by atoms with Crippen LogP contribution in [0.1, 0.15) is 11.1 Å². The number of methoxy groups -OCH3 is 1. The van der Waals surface area contributed by atoms with E-state index < -0.39 is 17.7 Å². The van der Waals surface area contributed by atoms with Crippen LogP contribution < -0.4 is 11.1 Å². The number of hydrogen-bond donors (Lipinski definition) is 2. The van der Waals surface area contributed by atoms with E-state index in [4.69, 9.17) is 18.0 Å². The number of halogens is 3. The molecule has 8 heteroatoms. The van der Waals surface area contributed by atoms with Gasteiger partial charge in [0.25, 0.3) is 0 Å². The van der Waals surface area contributed by atoms with Crippen molar-refractivity contribution in [2.45, 2.75) is 6.18 Å². The summed E-state index contributed by atoms with van der Waals surface area (Å²) in [4.78, 5) is 10.8. The predicted molar refractivity (Wildman–Crippen MR) is 67.8 cm³/mol. The van der Waals surface area contributed by atoms with Crippen LogP contribution in [0.3, 0.4) is 0 Å². The average molecular weight is 292 g/mol. The Labute approximate surface area is 112 Å². The van der Waals surface area contributed by atoms with Gasteiger partial charge in [0.05, 0.1) is 12.7 Å². The van der Waals surface area contributed by atoms with Gasteiger partial charge in [-0.15, -0.1) is 0 Å². The quantitative estimate of drug-likeness (QED) is 0.656. The molecule has 3 N–H and O–H groups in total. The summed E-state index contributed by atoms with van der Waals surface area (Å²) >= 11 is 4.69. The molecule has 0 radical (unpaired) electrons. The van der Waals surface area contributed by atoms with Crippen molar-refractivity contribution in [3.8, 4) is 0 Å². The standard InChI is InChI=1S/C11H11F3N2O2S/c1-18-9(17)5-16-8-3-2-6(11(12,13)14)4-7(8)10(15)19/h2-4,16H,5H2,1H3,(H2,15,19). The maximum absolute atomic E-state index is 12.6. The number of benzene rings is 1. The molecule has 0 atom stereocenters. The van der Waals surface area contributed by atoms with E-state index in [0.29, 0.717) is 0 Å². The number of ether oxygens (including phenoxy) is 1. The number of hydrogen-bond acceptors (Lipinski definition) is 4. The van der Waals surface area contributed by atoms with Crippen LogP contribution in [0, 0.1) is 0 Å². The maximum atomic E-state index is 12.6. The monoisotopic (exact) mass is 292 g/mol. The lowest BCUT2D eigenvalue weighted by atomic mass is 10.1. The van der Waals surface area contributed by atoms with E-state index in [-0.39, 0.29) is 22.8 Å². The second-order valence-electron chi connectivity index (χ2n) is 3.55. The third kappa shape index (κ3) is 4.09. The Balaban J connectivity index is 3.05. The molecule has 0 fully saturated rings. The molecule has 0 saturated heterocycles. The van der Waals surface area contributed by atoms with Crippen LogP contribution in [-0.4, -0.2) is 24.6 Å². The van der Waals surface area contributed by atoms with Gasteiger partial charge in [-0.2, -0.15) is 13.2 Å². The molecule has 0 aliphatic carbocycles. The number of anilines is 1. The summed E-state index contributed by atoms with van der Waals surface area (Å²) in [7, 11) is 1.20. The van der Waals surface area contributed by atoms with Crippen LogP contribution in [0.25, 0.3) is 0 Å². The maximum Gasteiger partial charge on any atom is 0.416 e. The Bertz CT molecular complexity index is 503. The molecule has 1 aromatic rings. The third-order valence-electron chi connectivity index (χ3n) is 2.26. The molecular formula is C11H11F3N2O2S. The first-order chi connectivity index (χ1) is 8.75. The summed E-state index contributed by atoms with van der Waals surface area (Å²) < 4.78 is 42.1. The number of carbonyl (C=O) groups excluding carboxylic acids is 1. The Morgan fingerprint density at radius 1 is 1.47 bits per heavy atom. The highest BCUT2D eigenvalue weighted by Crippen LogP contribution is 2.31. The lowest BCUT2D eigenvalue weighted by Gasteiger charge is -2.13. The molecule has 0 amide bonds. The zero-order chi connectivity index (χ0) is 14.6.